The third-order valence-corrected chi connectivity index (χ3v) is 5.86. The fourth-order valence-corrected chi connectivity index (χ4v) is 3.90. The normalized spacial score (nSPS) is 11.7. The molecule has 1 atom stereocenters. The van der Waals surface area contributed by atoms with Gasteiger partial charge in [-0.25, -0.2) is 5.43 Å². The number of ether oxygens (including phenoxy) is 3. The molecule has 8 heteroatoms. The topological polar surface area (TPSA) is 98.2 Å². The van der Waals surface area contributed by atoms with E-state index >= 15 is 0 Å². The number of rotatable bonds is 13. The fraction of sp³-hybridized carbons (Fsp3) is 0.323. The van der Waals surface area contributed by atoms with E-state index in [0.29, 0.717) is 35.8 Å². The monoisotopic (exact) mass is 531 g/mol. The summed E-state index contributed by atoms with van der Waals surface area (Å²) in [6.07, 6.45) is 1.97. The van der Waals surface area contributed by atoms with Gasteiger partial charge in [-0.15, -0.1) is 0 Å². The van der Waals surface area contributed by atoms with E-state index in [2.05, 4.69) is 21.9 Å². The van der Waals surface area contributed by atoms with Crippen LogP contribution in [0.3, 0.4) is 0 Å². The van der Waals surface area contributed by atoms with Gasteiger partial charge in [-0.2, -0.15) is 5.10 Å². The second-order valence-corrected chi connectivity index (χ2v) is 9.73. The number of hydrogen-bond donors (Lipinski definition) is 2. The average molecular weight is 532 g/mol. The number of amides is 2. The van der Waals surface area contributed by atoms with Crippen molar-refractivity contribution in [3.8, 4) is 17.2 Å². The molecule has 3 aromatic rings. The first-order valence-corrected chi connectivity index (χ1v) is 12.9. The van der Waals surface area contributed by atoms with Crippen molar-refractivity contribution in [1.29, 1.82) is 0 Å². The molecule has 0 saturated heterocycles. The predicted octanol–water partition coefficient (Wildman–Crippen LogP) is 4.95. The molecule has 8 nitrogen and oxygen atoms in total. The number of para-hydroxylation sites is 1. The number of nitrogens with one attached hydrogen (secondary N) is 2. The largest absolute Gasteiger partial charge is 0.493 e. The molecule has 0 aliphatic carbocycles. The summed E-state index contributed by atoms with van der Waals surface area (Å²) in [7, 11) is 1.57. The Balaban J connectivity index is 1.56. The maximum Gasteiger partial charge on any atom is 0.262 e. The van der Waals surface area contributed by atoms with Crippen molar-refractivity contribution in [2.24, 2.45) is 11.0 Å². The van der Waals surface area contributed by atoms with E-state index in [4.69, 9.17) is 14.2 Å². The molecule has 2 N–H and O–H groups in total. The average Bonchev–Trinajstić information content (AvgIpc) is 2.91. The Labute approximate surface area is 230 Å². The van der Waals surface area contributed by atoms with E-state index in [0.717, 1.165) is 11.1 Å². The lowest BCUT2D eigenvalue weighted by Gasteiger charge is -2.19. The first-order valence-electron chi connectivity index (χ1n) is 12.9. The molecule has 0 heterocycles. The van der Waals surface area contributed by atoms with Crippen LogP contribution in [0.1, 0.15) is 42.5 Å². The van der Waals surface area contributed by atoms with Crippen LogP contribution < -0.4 is 25.0 Å². The summed E-state index contributed by atoms with van der Waals surface area (Å²) in [5.74, 6) is 1.18. The molecular formula is C31H37N3O5. The van der Waals surface area contributed by atoms with Crippen LogP contribution in [0.25, 0.3) is 0 Å². The van der Waals surface area contributed by atoms with Crippen LogP contribution in [0, 0.1) is 19.8 Å². The number of carbonyl (C=O) groups excluding carboxylic acids is 2. The highest BCUT2D eigenvalue weighted by molar-refractivity contribution is 5.89. The predicted molar refractivity (Wildman–Crippen MR) is 152 cm³/mol. The maximum atomic E-state index is 12.8. The number of benzene rings is 3. The maximum absolute atomic E-state index is 12.8. The Morgan fingerprint density at radius 3 is 2.44 bits per heavy atom. The van der Waals surface area contributed by atoms with Gasteiger partial charge in [0.25, 0.3) is 11.8 Å². The summed E-state index contributed by atoms with van der Waals surface area (Å²) in [5.41, 5.74) is 6.41. The number of carbonyl (C=O) groups is 2. The zero-order valence-corrected chi connectivity index (χ0v) is 23.2. The van der Waals surface area contributed by atoms with Gasteiger partial charge in [0.05, 0.1) is 13.3 Å². The number of nitrogens with zero attached hydrogens (tertiary/aromatic N) is 1. The van der Waals surface area contributed by atoms with E-state index in [1.54, 1.807) is 25.3 Å². The molecular weight excluding hydrogens is 494 g/mol. The van der Waals surface area contributed by atoms with Gasteiger partial charge < -0.3 is 19.5 Å². The Morgan fingerprint density at radius 1 is 0.923 bits per heavy atom. The second-order valence-electron chi connectivity index (χ2n) is 9.73. The Kier molecular flexibility index (Phi) is 10.9. The Bertz CT molecular complexity index is 1290. The van der Waals surface area contributed by atoms with Gasteiger partial charge in [-0.3, -0.25) is 9.59 Å². The molecule has 0 aromatic heterocycles. The van der Waals surface area contributed by atoms with Crippen molar-refractivity contribution < 1.29 is 23.8 Å². The highest BCUT2D eigenvalue weighted by atomic mass is 16.5. The minimum Gasteiger partial charge on any atom is -0.493 e. The molecule has 0 saturated carbocycles. The van der Waals surface area contributed by atoms with Crippen LogP contribution in [0.2, 0.25) is 0 Å². The van der Waals surface area contributed by atoms with Gasteiger partial charge in [0, 0.05) is 0 Å². The lowest BCUT2D eigenvalue weighted by molar-refractivity contribution is -0.130. The molecule has 39 heavy (non-hydrogen) atoms. The standard InChI is InChI=1S/C31H37N3O5/c1-21(2)15-26(33-30(35)20-39-27-12-7-6-10-23(27)4)31(36)34-32-18-24-13-14-28(29(17-24)37-5)38-19-25-11-8-9-22(3)16-25/h6-14,16-18,21,26H,15,19-20H2,1-5H3,(H,33,35)(H,34,36)/b32-18-/t26-/m0/s1. The van der Waals surface area contributed by atoms with Crippen LogP contribution in [0.15, 0.2) is 71.8 Å². The van der Waals surface area contributed by atoms with Crippen molar-refractivity contribution in [2.45, 2.75) is 46.8 Å². The molecule has 3 aromatic carbocycles. The van der Waals surface area contributed by atoms with E-state index in [9.17, 15) is 9.59 Å². The van der Waals surface area contributed by atoms with E-state index < -0.39 is 11.9 Å². The quantitative estimate of drug-likeness (QED) is 0.240. The minimum absolute atomic E-state index is 0.180. The molecule has 0 radical (unpaired) electrons. The Morgan fingerprint density at radius 2 is 1.72 bits per heavy atom. The van der Waals surface area contributed by atoms with Gasteiger partial charge in [0.2, 0.25) is 0 Å². The number of hydrogen-bond acceptors (Lipinski definition) is 6. The summed E-state index contributed by atoms with van der Waals surface area (Å²) in [6, 6.07) is 20.2. The van der Waals surface area contributed by atoms with Crippen molar-refractivity contribution in [1.82, 2.24) is 10.7 Å². The number of hydrazone groups is 1. The Hall–Kier alpha value is -4.33. The first kappa shape index (κ1) is 29.2. The molecule has 0 aliphatic rings. The lowest BCUT2D eigenvalue weighted by atomic mass is 10.0. The summed E-state index contributed by atoms with van der Waals surface area (Å²) in [6.45, 7) is 8.14. The van der Waals surface area contributed by atoms with Crippen molar-refractivity contribution >= 4 is 18.0 Å². The van der Waals surface area contributed by atoms with Gasteiger partial charge in [0.1, 0.15) is 18.4 Å². The van der Waals surface area contributed by atoms with E-state index in [1.165, 1.54) is 11.8 Å². The third-order valence-electron chi connectivity index (χ3n) is 5.86. The zero-order valence-electron chi connectivity index (χ0n) is 23.2. The fourth-order valence-electron chi connectivity index (χ4n) is 3.90. The summed E-state index contributed by atoms with van der Waals surface area (Å²) < 4.78 is 17.0. The third kappa shape index (κ3) is 9.48. The van der Waals surface area contributed by atoms with Crippen molar-refractivity contribution in [3.63, 3.8) is 0 Å². The van der Waals surface area contributed by atoms with E-state index in [-0.39, 0.29) is 18.4 Å². The smallest absolute Gasteiger partial charge is 0.262 e. The van der Waals surface area contributed by atoms with E-state index in [1.807, 2.05) is 70.2 Å². The SMILES string of the molecule is COc1cc(/C=N\NC(=O)[C@H](CC(C)C)NC(=O)COc2ccccc2C)ccc1OCc1cccc(C)c1. The van der Waals surface area contributed by atoms with Crippen LogP contribution in [0.5, 0.6) is 17.2 Å². The molecule has 3 rings (SSSR count). The summed E-state index contributed by atoms with van der Waals surface area (Å²) >= 11 is 0. The van der Waals surface area contributed by atoms with Gasteiger partial charge >= 0.3 is 0 Å². The van der Waals surface area contributed by atoms with Crippen molar-refractivity contribution in [2.75, 3.05) is 13.7 Å². The first-order chi connectivity index (χ1) is 18.7. The molecule has 206 valence electrons. The number of methoxy groups -OCH3 is 1. The molecule has 2 amide bonds. The molecule has 0 fully saturated rings. The van der Waals surface area contributed by atoms with Gasteiger partial charge in [0.15, 0.2) is 18.1 Å². The molecule has 0 unspecified atom stereocenters. The van der Waals surface area contributed by atoms with Crippen molar-refractivity contribution in [3.05, 3.63) is 89.0 Å². The summed E-state index contributed by atoms with van der Waals surface area (Å²) in [5, 5.41) is 6.84. The minimum atomic E-state index is -0.748. The molecule has 0 spiro atoms. The highest BCUT2D eigenvalue weighted by Crippen LogP contribution is 2.28. The highest BCUT2D eigenvalue weighted by Gasteiger charge is 2.22. The van der Waals surface area contributed by atoms with Crippen LogP contribution in [-0.2, 0) is 16.2 Å². The molecule has 0 bridgehead atoms. The van der Waals surface area contributed by atoms with Crippen LogP contribution in [-0.4, -0.2) is 37.8 Å². The zero-order chi connectivity index (χ0) is 28.2. The van der Waals surface area contributed by atoms with Crippen LogP contribution >= 0.6 is 0 Å². The molecule has 0 aliphatic heterocycles. The number of aryl methyl sites for hydroxylation is 2. The second kappa shape index (κ2) is 14.6. The van der Waals surface area contributed by atoms with Gasteiger partial charge in [-0.05, 0) is 67.1 Å². The van der Waals surface area contributed by atoms with Gasteiger partial charge in [-0.1, -0.05) is 61.9 Å². The van der Waals surface area contributed by atoms with Crippen LogP contribution in [0.4, 0.5) is 0 Å². The summed E-state index contributed by atoms with van der Waals surface area (Å²) in [4.78, 5) is 25.3. The lowest BCUT2D eigenvalue weighted by Crippen LogP contribution is -2.47.